The first-order chi connectivity index (χ1) is 10.3. The lowest BCUT2D eigenvalue weighted by Crippen LogP contribution is -2.59. The van der Waals surface area contributed by atoms with Crippen molar-refractivity contribution in [3.8, 4) is 0 Å². The number of nitrogens with zero attached hydrogens (tertiary/aromatic N) is 3. The van der Waals surface area contributed by atoms with Crippen molar-refractivity contribution in [2.45, 2.75) is 44.2 Å². The molecule has 1 aromatic rings. The lowest BCUT2D eigenvalue weighted by Gasteiger charge is -2.57. The molecule has 2 heterocycles. The molecule has 7 heteroatoms. The first kappa shape index (κ1) is 16.0. The summed E-state index contributed by atoms with van der Waals surface area (Å²) in [7, 11) is -1.79. The molecule has 1 saturated heterocycles. The number of aromatic nitrogens is 2. The molecule has 1 aromatic heterocycles. The Hall–Kier alpha value is -0.920. The topological polar surface area (TPSA) is 75.4 Å². The molecule has 1 aliphatic heterocycles. The lowest BCUT2D eigenvalue weighted by molar-refractivity contribution is -0.156. The molecule has 22 heavy (non-hydrogen) atoms. The van der Waals surface area contributed by atoms with Gasteiger partial charge in [-0.2, -0.15) is 9.40 Å². The predicted octanol–water partition coefficient (Wildman–Crippen LogP) is 1.23. The average molecular weight is 327 g/mol. The number of aryl methyl sites for hydroxylation is 1. The summed E-state index contributed by atoms with van der Waals surface area (Å²) in [6.07, 6.45) is 3.85. The second kappa shape index (κ2) is 5.32. The van der Waals surface area contributed by atoms with Crippen molar-refractivity contribution >= 4 is 10.0 Å². The van der Waals surface area contributed by atoms with E-state index >= 15 is 0 Å². The average Bonchev–Trinajstić information content (AvgIpc) is 2.92. The third kappa shape index (κ3) is 2.39. The van der Waals surface area contributed by atoms with Gasteiger partial charge in [0.05, 0.1) is 6.10 Å². The molecule has 2 atom stereocenters. The molecule has 6 nitrogen and oxygen atoms in total. The Morgan fingerprint density at radius 3 is 2.45 bits per heavy atom. The van der Waals surface area contributed by atoms with E-state index in [1.54, 1.807) is 13.2 Å². The molecular formula is C15H25N3O3S. The molecule has 1 N–H and O–H groups in total. The smallest absolute Gasteiger partial charge is 0.262 e. The zero-order chi connectivity index (χ0) is 16.1. The van der Waals surface area contributed by atoms with Gasteiger partial charge < -0.3 is 5.11 Å². The van der Waals surface area contributed by atoms with Crippen molar-refractivity contribution in [2.24, 2.45) is 24.3 Å². The summed E-state index contributed by atoms with van der Waals surface area (Å²) in [5, 5.41) is 14.6. The molecule has 1 saturated carbocycles. The number of piperidine rings is 1. The van der Waals surface area contributed by atoms with Crippen molar-refractivity contribution < 1.29 is 13.5 Å². The van der Waals surface area contributed by atoms with Crippen molar-refractivity contribution in [1.29, 1.82) is 0 Å². The number of aliphatic hydroxyl groups is 1. The Labute approximate surface area is 132 Å². The predicted molar refractivity (Wildman–Crippen MR) is 82.6 cm³/mol. The third-order valence-corrected chi connectivity index (χ3v) is 7.33. The number of hydrogen-bond acceptors (Lipinski definition) is 4. The highest BCUT2D eigenvalue weighted by molar-refractivity contribution is 7.89. The maximum Gasteiger partial charge on any atom is 0.262 e. The van der Waals surface area contributed by atoms with E-state index in [1.807, 2.05) is 0 Å². The normalized spacial score (nSPS) is 29.0. The molecule has 0 radical (unpaired) electrons. The maximum absolute atomic E-state index is 12.6. The number of sulfonamides is 1. The Bertz CT molecular complexity index is 645. The minimum absolute atomic E-state index is 0.0644. The van der Waals surface area contributed by atoms with Gasteiger partial charge in [-0.15, -0.1) is 0 Å². The summed E-state index contributed by atoms with van der Waals surface area (Å²) < 4.78 is 28.1. The zero-order valence-corrected chi connectivity index (χ0v) is 14.3. The highest BCUT2D eigenvalue weighted by Gasteiger charge is 2.55. The van der Waals surface area contributed by atoms with Crippen LogP contribution in [0.15, 0.2) is 17.3 Å². The fraction of sp³-hybridized carbons (Fsp3) is 0.800. The lowest BCUT2D eigenvalue weighted by atomic mass is 9.53. The van der Waals surface area contributed by atoms with E-state index in [4.69, 9.17) is 0 Å². The molecule has 1 aliphatic carbocycles. The van der Waals surface area contributed by atoms with E-state index in [-0.39, 0.29) is 16.5 Å². The summed E-state index contributed by atoms with van der Waals surface area (Å²) in [5.41, 5.74) is -0.0644. The Morgan fingerprint density at radius 2 is 2.00 bits per heavy atom. The third-order valence-electron chi connectivity index (χ3n) is 5.54. The van der Waals surface area contributed by atoms with Crippen LogP contribution in [0.5, 0.6) is 0 Å². The summed E-state index contributed by atoms with van der Waals surface area (Å²) in [5.74, 6) is 0.842. The van der Waals surface area contributed by atoms with Gasteiger partial charge in [-0.3, -0.25) is 4.68 Å². The van der Waals surface area contributed by atoms with Crippen LogP contribution in [-0.2, 0) is 17.1 Å². The molecule has 0 aromatic carbocycles. The Kier molecular flexibility index (Phi) is 3.86. The van der Waals surface area contributed by atoms with Gasteiger partial charge in [-0.1, -0.05) is 13.8 Å². The van der Waals surface area contributed by atoms with Gasteiger partial charge in [0.2, 0.25) is 0 Å². The van der Waals surface area contributed by atoms with Gasteiger partial charge in [0.1, 0.15) is 0 Å². The van der Waals surface area contributed by atoms with E-state index in [2.05, 4.69) is 18.9 Å². The second-order valence-corrected chi connectivity index (χ2v) is 9.04. The van der Waals surface area contributed by atoms with Gasteiger partial charge in [0.25, 0.3) is 10.0 Å². The highest BCUT2D eigenvalue weighted by atomic mass is 32.2. The fourth-order valence-corrected chi connectivity index (χ4v) is 5.32. The number of hydrogen-bond donors (Lipinski definition) is 1. The van der Waals surface area contributed by atoms with E-state index in [1.165, 1.54) is 15.1 Å². The van der Waals surface area contributed by atoms with Crippen LogP contribution in [0.1, 0.15) is 33.1 Å². The van der Waals surface area contributed by atoms with Gasteiger partial charge >= 0.3 is 0 Å². The summed E-state index contributed by atoms with van der Waals surface area (Å²) >= 11 is 0. The molecule has 1 spiro atoms. The van der Waals surface area contributed by atoms with Crippen LogP contribution in [0, 0.1) is 17.3 Å². The minimum atomic E-state index is -3.50. The van der Waals surface area contributed by atoms with Gasteiger partial charge in [0, 0.05) is 26.3 Å². The fourth-order valence-electron chi connectivity index (χ4n) is 3.93. The van der Waals surface area contributed by atoms with Crippen LogP contribution in [0.3, 0.4) is 0 Å². The number of aliphatic hydroxyl groups excluding tert-OH is 1. The minimum Gasteiger partial charge on any atom is -0.392 e. The molecule has 0 bridgehead atoms. The number of rotatable bonds is 3. The zero-order valence-electron chi connectivity index (χ0n) is 13.4. The van der Waals surface area contributed by atoms with Crippen LogP contribution in [-0.4, -0.2) is 46.8 Å². The molecule has 124 valence electrons. The highest BCUT2D eigenvalue weighted by Crippen LogP contribution is 2.55. The maximum atomic E-state index is 12.6. The van der Waals surface area contributed by atoms with Crippen LogP contribution < -0.4 is 0 Å². The van der Waals surface area contributed by atoms with Crippen molar-refractivity contribution in [1.82, 2.24) is 14.1 Å². The largest absolute Gasteiger partial charge is 0.392 e. The quantitative estimate of drug-likeness (QED) is 0.906. The summed E-state index contributed by atoms with van der Waals surface area (Å²) in [6, 6.07) is 1.53. The summed E-state index contributed by atoms with van der Waals surface area (Å²) in [6.45, 7) is 5.23. The van der Waals surface area contributed by atoms with E-state index in [9.17, 15) is 13.5 Å². The Morgan fingerprint density at radius 1 is 1.36 bits per heavy atom. The standard InChI is InChI=1S/C15H25N3O3S/c1-11(2)12-10-15(14(12)19)5-8-18(9-6-15)22(20,21)13-4-7-17(3)16-13/h4,7,11-12,14,19H,5-6,8-10H2,1-3H3. The first-order valence-electron chi connectivity index (χ1n) is 7.94. The molecule has 2 aliphatic rings. The van der Waals surface area contributed by atoms with Crippen molar-refractivity contribution in [3.63, 3.8) is 0 Å². The molecule has 0 amide bonds. The van der Waals surface area contributed by atoms with Crippen LogP contribution >= 0.6 is 0 Å². The summed E-state index contributed by atoms with van der Waals surface area (Å²) in [4.78, 5) is 0. The van der Waals surface area contributed by atoms with Gasteiger partial charge in [0.15, 0.2) is 5.03 Å². The van der Waals surface area contributed by atoms with Gasteiger partial charge in [-0.05, 0) is 42.6 Å². The van der Waals surface area contributed by atoms with Crippen LogP contribution in [0.4, 0.5) is 0 Å². The molecule has 3 rings (SSSR count). The Balaban J connectivity index is 1.68. The molecule has 2 unspecified atom stereocenters. The van der Waals surface area contributed by atoms with E-state index in [0.29, 0.717) is 24.9 Å². The first-order valence-corrected chi connectivity index (χ1v) is 9.38. The van der Waals surface area contributed by atoms with E-state index < -0.39 is 10.0 Å². The van der Waals surface area contributed by atoms with Crippen molar-refractivity contribution in [2.75, 3.05) is 13.1 Å². The monoisotopic (exact) mass is 327 g/mol. The SMILES string of the molecule is CC(C)C1CC2(CCN(S(=O)(=O)c3ccn(C)n3)CC2)C1O. The van der Waals surface area contributed by atoms with Crippen LogP contribution in [0.25, 0.3) is 0 Å². The van der Waals surface area contributed by atoms with Gasteiger partial charge in [-0.25, -0.2) is 8.42 Å². The van der Waals surface area contributed by atoms with E-state index in [0.717, 1.165) is 19.3 Å². The second-order valence-electron chi connectivity index (χ2n) is 7.15. The molecular weight excluding hydrogens is 302 g/mol. The van der Waals surface area contributed by atoms with Crippen molar-refractivity contribution in [3.05, 3.63) is 12.3 Å². The molecule has 2 fully saturated rings. The van der Waals surface area contributed by atoms with Crippen LogP contribution in [0.2, 0.25) is 0 Å².